The number of piperidine rings is 1. The topological polar surface area (TPSA) is 20.3 Å². The summed E-state index contributed by atoms with van der Waals surface area (Å²) in [6.07, 6.45) is 3.28. The highest BCUT2D eigenvalue weighted by Gasteiger charge is 2.17. The Balaban J connectivity index is 2.25. The highest BCUT2D eigenvalue weighted by atomic mass is 16.1. The van der Waals surface area contributed by atoms with E-state index < -0.39 is 0 Å². The van der Waals surface area contributed by atoms with Crippen molar-refractivity contribution in [2.75, 3.05) is 18.0 Å². The van der Waals surface area contributed by atoms with E-state index in [4.69, 9.17) is 7.85 Å². The monoisotopic (exact) mass is 213 g/mol. The van der Waals surface area contributed by atoms with Gasteiger partial charge < -0.3 is 4.90 Å². The minimum Gasteiger partial charge on any atom is -0.371 e. The van der Waals surface area contributed by atoms with Gasteiger partial charge in [-0.05, 0) is 24.8 Å². The zero-order chi connectivity index (χ0) is 11.5. The summed E-state index contributed by atoms with van der Waals surface area (Å²) in [6, 6.07) is 5.48. The van der Waals surface area contributed by atoms with Gasteiger partial charge in [-0.1, -0.05) is 24.5 Å². The largest absolute Gasteiger partial charge is 0.371 e. The molecule has 1 fully saturated rings. The third kappa shape index (κ3) is 2.29. The summed E-state index contributed by atoms with van der Waals surface area (Å²) >= 11 is 0. The normalized spacial score (nSPS) is 17.4. The van der Waals surface area contributed by atoms with E-state index >= 15 is 0 Å². The van der Waals surface area contributed by atoms with Gasteiger partial charge in [0, 0.05) is 24.3 Å². The molecular formula is C13H16BNO. The lowest BCUT2D eigenvalue weighted by atomic mass is 9.92. The fraction of sp³-hybridized carbons (Fsp3) is 0.462. The van der Waals surface area contributed by atoms with E-state index in [1.54, 1.807) is 12.1 Å². The zero-order valence-corrected chi connectivity index (χ0v) is 9.65. The van der Waals surface area contributed by atoms with Crippen molar-refractivity contribution in [2.45, 2.75) is 19.8 Å². The predicted molar refractivity (Wildman–Crippen MR) is 67.8 cm³/mol. The number of anilines is 1. The van der Waals surface area contributed by atoms with Crippen molar-refractivity contribution in [3.63, 3.8) is 0 Å². The first-order chi connectivity index (χ1) is 7.70. The minimum atomic E-state index is 0.722. The van der Waals surface area contributed by atoms with Crippen molar-refractivity contribution in [1.29, 1.82) is 0 Å². The number of rotatable bonds is 2. The van der Waals surface area contributed by atoms with Crippen molar-refractivity contribution in [1.82, 2.24) is 0 Å². The number of benzene rings is 1. The van der Waals surface area contributed by atoms with E-state index in [-0.39, 0.29) is 0 Å². The van der Waals surface area contributed by atoms with E-state index in [1.807, 2.05) is 6.07 Å². The first-order valence-corrected chi connectivity index (χ1v) is 5.80. The standard InChI is InChI=1S/C13H16BNO/c1-10-4-6-15(7-5-10)13-8-12(14)3-2-11(13)9-16/h2-3,8-10H,4-7H2,1H3. The number of carbonyl (C=O) groups excluding carboxylic acids is 1. The molecule has 0 unspecified atom stereocenters. The van der Waals surface area contributed by atoms with Crippen molar-refractivity contribution in [3.05, 3.63) is 23.8 Å². The van der Waals surface area contributed by atoms with Gasteiger partial charge >= 0.3 is 0 Å². The van der Waals surface area contributed by atoms with Gasteiger partial charge in [-0.2, -0.15) is 0 Å². The molecule has 1 heterocycles. The van der Waals surface area contributed by atoms with Crippen molar-refractivity contribution in [3.8, 4) is 0 Å². The molecule has 1 aliphatic heterocycles. The molecule has 1 aliphatic rings. The van der Waals surface area contributed by atoms with Crippen LogP contribution in [0.25, 0.3) is 0 Å². The lowest BCUT2D eigenvalue weighted by molar-refractivity contribution is 0.112. The molecule has 16 heavy (non-hydrogen) atoms. The Kier molecular flexibility index (Phi) is 3.32. The van der Waals surface area contributed by atoms with Crippen LogP contribution >= 0.6 is 0 Å². The molecule has 1 aromatic carbocycles. The van der Waals surface area contributed by atoms with Gasteiger partial charge in [-0.15, -0.1) is 0 Å². The van der Waals surface area contributed by atoms with E-state index in [0.29, 0.717) is 0 Å². The van der Waals surface area contributed by atoms with Crippen LogP contribution in [0, 0.1) is 5.92 Å². The molecular weight excluding hydrogens is 197 g/mol. The Labute approximate surface area is 98.1 Å². The summed E-state index contributed by atoms with van der Waals surface area (Å²) in [6.45, 7) is 4.31. The first kappa shape index (κ1) is 11.2. The fourth-order valence-electron chi connectivity index (χ4n) is 2.18. The zero-order valence-electron chi connectivity index (χ0n) is 9.65. The Morgan fingerprint density at radius 3 is 2.69 bits per heavy atom. The van der Waals surface area contributed by atoms with Gasteiger partial charge in [-0.25, -0.2) is 0 Å². The van der Waals surface area contributed by atoms with Gasteiger partial charge in [0.2, 0.25) is 0 Å². The highest BCUT2D eigenvalue weighted by Crippen LogP contribution is 2.24. The average molecular weight is 213 g/mol. The second kappa shape index (κ2) is 4.73. The second-order valence-corrected chi connectivity index (χ2v) is 4.61. The molecule has 0 aliphatic carbocycles. The van der Waals surface area contributed by atoms with Crippen molar-refractivity contribution in [2.24, 2.45) is 5.92 Å². The number of carbonyl (C=O) groups is 1. The number of hydrogen-bond donors (Lipinski definition) is 0. The number of aldehydes is 1. The lowest BCUT2D eigenvalue weighted by Gasteiger charge is -2.33. The molecule has 1 aromatic rings. The number of hydrogen-bond acceptors (Lipinski definition) is 2. The van der Waals surface area contributed by atoms with E-state index in [2.05, 4.69) is 11.8 Å². The van der Waals surface area contributed by atoms with Crippen LogP contribution in [-0.4, -0.2) is 27.2 Å². The summed E-state index contributed by atoms with van der Waals surface area (Å²) in [4.78, 5) is 13.2. The maximum absolute atomic E-state index is 11.0. The summed E-state index contributed by atoms with van der Waals surface area (Å²) < 4.78 is 0. The molecule has 2 rings (SSSR count). The maximum atomic E-state index is 11.0. The molecule has 0 amide bonds. The molecule has 3 heteroatoms. The SMILES string of the molecule is [B]c1ccc(C=O)c(N2CCC(C)CC2)c1. The van der Waals surface area contributed by atoms with Crippen LogP contribution < -0.4 is 10.4 Å². The van der Waals surface area contributed by atoms with Crippen LogP contribution in [0.2, 0.25) is 0 Å². The Morgan fingerprint density at radius 1 is 1.38 bits per heavy atom. The minimum absolute atomic E-state index is 0.722. The van der Waals surface area contributed by atoms with Crippen LogP contribution in [0.15, 0.2) is 18.2 Å². The Hall–Kier alpha value is -1.25. The Morgan fingerprint density at radius 2 is 2.06 bits per heavy atom. The van der Waals surface area contributed by atoms with E-state index in [1.165, 1.54) is 12.8 Å². The summed E-state index contributed by atoms with van der Waals surface area (Å²) in [5.41, 5.74) is 2.45. The molecule has 0 atom stereocenters. The summed E-state index contributed by atoms with van der Waals surface area (Å²) in [5, 5.41) is 0. The van der Waals surface area contributed by atoms with Crippen LogP contribution in [0.3, 0.4) is 0 Å². The maximum Gasteiger partial charge on any atom is 0.152 e. The molecule has 0 bridgehead atoms. The van der Waals surface area contributed by atoms with Gasteiger partial charge in [0.1, 0.15) is 7.85 Å². The first-order valence-electron chi connectivity index (χ1n) is 5.80. The van der Waals surface area contributed by atoms with E-state index in [9.17, 15) is 4.79 Å². The van der Waals surface area contributed by atoms with Crippen molar-refractivity contribution >= 4 is 25.3 Å². The van der Waals surface area contributed by atoms with Gasteiger partial charge in [-0.3, -0.25) is 4.79 Å². The van der Waals surface area contributed by atoms with Crippen LogP contribution in [0.5, 0.6) is 0 Å². The third-order valence-electron chi connectivity index (χ3n) is 3.31. The number of nitrogens with zero attached hydrogens (tertiary/aromatic N) is 1. The second-order valence-electron chi connectivity index (χ2n) is 4.61. The quantitative estimate of drug-likeness (QED) is 0.548. The van der Waals surface area contributed by atoms with Crippen LogP contribution in [0.4, 0.5) is 5.69 Å². The van der Waals surface area contributed by atoms with Crippen LogP contribution in [0.1, 0.15) is 30.1 Å². The summed E-state index contributed by atoms with van der Waals surface area (Å²) in [5.74, 6) is 0.789. The lowest BCUT2D eigenvalue weighted by Crippen LogP contribution is -2.34. The highest BCUT2D eigenvalue weighted by molar-refractivity contribution is 6.32. The predicted octanol–water partition coefficient (Wildman–Crippen LogP) is 1.53. The third-order valence-corrected chi connectivity index (χ3v) is 3.31. The molecule has 2 nitrogen and oxygen atoms in total. The molecule has 0 N–H and O–H groups in total. The van der Waals surface area contributed by atoms with Crippen molar-refractivity contribution < 1.29 is 4.79 Å². The van der Waals surface area contributed by atoms with E-state index in [0.717, 1.165) is 42.0 Å². The molecule has 0 spiro atoms. The molecule has 1 saturated heterocycles. The fourth-order valence-corrected chi connectivity index (χ4v) is 2.18. The van der Waals surface area contributed by atoms with Crippen LogP contribution in [-0.2, 0) is 0 Å². The Bertz CT molecular complexity index is 384. The average Bonchev–Trinajstić information content (AvgIpc) is 2.30. The molecule has 0 saturated carbocycles. The smallest absolute Gasteiger partial charge is 0.152 e. The molecule has 82 valence electrons. The van der Waals surface area contributed by atoms with Gasteiger partial charge in [0.15, 0.2) is 6.29 Å². The molecule has 2 radical (unpaired) electrons. The summed E-state index contributed by atoms with van der Waals surface area (Å²) in [7, 11) is 5.77. The molecule has 0 aromatic heterocycles. The van der Waals surface area contributed by atoms with Gasteiger partial charge in [0.25, 0.3) is 0 Å². The van der Waals surface area contributed by atoms with Gasteiger partial charge in [0.05, 0.1) is 0 Å².